The van der Waals surface area contributed by atoms with Crippen LogP contribution in [0.15, 0.2) is 0 Å². The first-order chi connectivity index (χ1) is 6.69. The van der Waals surface area contributed by atoms with E-state index in [2.05, 4.69) is 0 Å². The summed E-state index contributed by atoms with van der Waals surface area (Å²) in [4.78, 5) is 11.4. The average Bonchev–Trinajstić information content (AvgIpc) is 2.01. The van der Waals surface area contributed by atoms with Crippen molar-refractivity contribution in [2.45, 2.75) is 33.6 Å². The van der Waals surface area contributed by atoms with Gasteiger partial charge >= 0.3 is 5.97 Å². The molecule has 0 rings (SSSR count). The molecule has 0 saturated heterocycles. The summed E-state index contributed by atoms with van der Waals surface area (Å²) in [6, 6.07) is 0. The van der Waals surface area contributed by atoms with Gasteiger partial charge in [-0.1, -0.05) is 0 Å². The average molecular weight is 237 g/mol. The van der Waals surface area contributed by atoms with Gasteiger partial charge in [0.15, 0.2) is 0 Å². The van der Waals surface area contributed by atoms with Crippen molar-refractivity contribution in [3.63, 3.8) is 0 Å². The van der Waals surface area contributed by atoms with Gasteiger partial charge in [-0.25, -0.2) is 13.6 Å². The molecule has 0 unspecified atom stereocenters. The van der Waals surface area contributed by atoms with Gasteiger partial charge in [0, 0.05) is 0 Å². The molecule has 0 aliphatic carbocycles. The fraction of sp³-hybridized carbons (Fsp3) is 0.889. The van der Waals surface area contributed by atoms with E-state index in [4.69, 9.17) is 9.88 Å². The van der Waals surface area contributed by atoms with Crippen molar-refractivity contribution in [1.29, 1.82) is 0 Å². The molecule has 0 aromatic rings. The van der Waals surface area contributed by atoms with Crippen molar-refractivity contribution in [2.24, 2.45) is 10.6 Å². The molecule has 0 heterocycles. The van der Waals surface area contributed by atoms with Crippen LogP contribution in [0.3, 0.4) is 0 Å². The molecule has 15 heavy (non-hydrogen) atoms. The zero-order valence-electron chi connectivity index (χ0n) is 9.45. The van der Waals surface area contributed by atoms with Crippen LogP contribution in [0.5, 0.6) is 0 Å². The van der Waals surface area contributed by atoms with Gasteiger partial charge in [0.25, 0.3) is 0 Å². The number of ether oxygens (including phenoxy) is 1. The predicted molar refractivity (Wildman–Crippen MR) is 57.6 cm³/mol. The number of hydrogen-bond donors (Lipinski definition) is 1. The maximum atomic E-state index is 11.4. The van der Waals surface area contributed by atoms with Gasteiger partial charge in [0.05, 0.1) is 17.8 Å². The lowest BCUT2D eigenvalue weighted by Crippen LogP contribution is -2.28. The Kier molecular flexibility index (Phi) is 5.23. The third kappa shape index (κ3) is 6.46. The molecular formula is C9H19NO4S. The number of nitrogens with two attached hydrogens (primary N) is 1. The van der Waals surface area contributed by atoms with Crippen LogP contribution >= 0.6 is 0 Å². The highest BCUT2D eigenvalue weighted by Gasteiger charge is 2.28. The number of hydrogen-bond acceptors (Lipinski definition) is 4. The number of carbonyl (C=O) groups excluding carboxylic acids is 1. The number of primary sulfonamides is 1. The lowest BCUT2D eigenvalue weighted by atomic mass is 9.88. The molecule has 90 valence electrons. The van der Waals surface area contributed by atoms with E-state index in [-0.39, 0.29) is 11.7 Å². The molecule has 0 radical (unpaired) electrons. The number of sulfonamides is 1. The van der Waals surface area contributed by atoms with Crippen LogP contribution in [-0.2, 0) is 19.6 Å². The van der Waals surface area contributed by atoms with Crippen molar-refractivity contribution in [3.8, 4) is 0 Å². The van der Waals surface area contributed by atoms with E-state index in [1.54, 1.807) is 20.8 Å². The lowest BCUT2D eigenvalue weighted by Gasteiger charge is -2.21. The summed E-state index contributed by atoms with van der Waals surface area (Å²) in [6.45, 7) is 5.53. The van der Waals surface area contributed by atoms with E-state index >= 15 is 0 Å². The second-order valence-electron chi connectivity index (χ2n) is 4.07. The quantitative estimate of drug-likeness (QED) is 0.687. The van der Waals surface area contributed by atoms with Gasteiger partial charge in [0.1, 0.15) is 0 Å². The second-order valence-corrected chi connectivity index (χ2v) is 5.81. The van der Waals surface area contributed by atoms with E-state index in [0.717, 1.165) is 0 Å². The third-order valence-electron chi connectivity index (χ3n) is 2.06. The summed E-state index contributed by atoms with van der Waals surface area (Å²) in [5.41, 5.74) is -0.652. The molecule has 0 saturated carbocycles. The smallest absolute Gasteiger partial charge is 0.311 e. The van der Waals surface area contributed by atoms with Gasteiger partial charge in [-0.3, -0.25) is 4.79 Å². The largest absolute Gasteiger partial charge is 0.466 e. The van der Waals surface area contributed by atoms with E-state index in [1.165, 1.54) is 0 Å². The summed E-state index contributed by atoms with van der Waals surface area (Å²) in [7, 11) is -3.44. The molecule has 0 spiro atoms. The normalized spacial score (nSPS) is 12.5. The highest BCUT2D eigenvalue weighted by Crippen LogP contribution is 2.24. The van der Waals surface area contributed by atoms with Crippen molar-refractivity contribution in [1.82, 2.24) is 0 Å². The van der Waals surface area contributed by atoms with Crippen molar-refractivity contribution < 1.29 is 17.9 Å². The fourth-order valence-electron chi connectivity index (χ4n) is 1.14. The van der Waals surface area contributed by atoms with Crippen molar-refractivity contribution in [3.05, 3.63) is 0 Å². The summed E-state index contributed by atoms with van der Waals surface area (Å²) in [5, 5.41) is 4.86. The van der Waals surface area contributed by atoms with Crippen LogP contribution in [0.1, 0.15) is 33.6 Å². The van der Waals surface area contributed by atoms with E-state index in [9.17, 15) is 13.2 Å². The molecule has 0 aromatic carbocycles. The summed E-state index contributed by atoms with van der Waals surface area (Å²) < 4.78 is 26.2. The van der Waals surface area contributed by atoms with Crippen LogP contribution in [-0.4, -0.2) is 26.7 Å². The molecular weight excluding hydrogens is 218 g/mol. The lowest BCUT2D eigenvalue weighted by molar-refractivity contribution is -0.153. The van der Waals surface area contributed by atoms with Crippen LogP contribution in [0.2, 0.25) is 0 Å². The first-order valence-electron chi connectivity index (χ1n) is 4.87. The minimum absolute atomic E-state index is 0.101. The molecule has 0 aliphatic rings. The molecule has 0 fully saturated rings. The van der Waals surface area contributed by atoms with Crippen LogP contribution in [0.25, 0.3) is 0 Å². The molecule has 2 N–H and O–H groups in total. The standard InChI is InChI=1S/C9H19NO4S/c1-4-14-8(11)9(2,3)6-5-7-15(10,12)13/h4-7H2,1-3H3,(H2,10,12,13). The van der Waals surface area contributed by atoms with Crippen LogP contribution < -0.4 is 5.14 Å². The highest BCUT2D eigenvalue weighted by molar-refractivity contribution is 7.89. The molecule has 0 bridgehead atoms. The summed E-state index contributed by atoms with van der Waals surface area (Å²) in [5.74, 6) is -0.407. The molecule has 6 heteroatoms. The zero-order valence-corrected chi connectivity index (χ0v) is 10.3. The Bertz CT molecular complexity index is 308. The summed E-state index contributed by atoms with van der Waals surface area (Å²) in [6.07, 6.45) is 0.812. The van der Waals surface area contributed by atoms with Gasteiger partial charge in [-0.05, 0) is 33.6 Å². The molecule has 0 aromatic heterocycles. The SMILES string of the molecule is CCOC(=O)C(C)(C)CCCS(N)(=O)=O. The van der Waals surface area contributed by atoms with Crippen molar-refractivity contribution >= 4 is 16.0 Å². The third-order valence-corrected chi connectivity index (χ3v) is 2.92. The zero-order chi connectivity index (χ0) is 12.1. The number of esters is 1. The number of rotatable bonds is 6. The Morgan fingerprint density at radius 3 is 2.33 bits per heavy atom. The van der Waals surface area contributed by atoms with E-state index < -0.39 is 15.4 Å². The Balaban J connectivity index is 4.10. The molecule has 0 amide bonds. The van der Waals surface area contributed by atoms with E-state index in [1.807, 2.05) is 0 Å². The first kappa shape index (κ1) is 14.4. The van der Waals surface area contributed by atoms with E-state index in [0.29, 0.717) is 19.4 Å². The van der Waals surface area contributed by atoms with Gasteiger partial charge in [-0.2, -0.15) is 0 Å². The van der Waals surface area contributed by atoms with Crippen molar-refractivity contribution in [2.75, 3.05) is 12.4 Å². The monoisotopic (exact) mass is 237 g/mol. The van der Waals surface area contributed by atoms with Crippen LogP contribution in [0.4, 0.5) is 0 Å². The van der Waals surface area contributed by atoms with Crippen LogP contribution in [0, 0.1) is 5.41 Å². The predicted octanol–water partition coefficient (Wildman–Crippen LogP) is 0.644. The maximum absolute atomic E-state index is 11.4. The highest BCUT2D eigenvalue weighted by atomic mass is 32.2. The number of carbonyl (C=O) groups is 1. The maximum Gasteiger partial charge on any atom is 0.311 e. The molecule has 0 atom stereocenters. The van der Waals surface area contributed by atoms with Gasteiger partial charge < -0.3 is 4.74 Å². The minimum Gasteiger partial charge on any atom is -0.466 e. The topological polar surface area (TPSA) is 86.5 Å². The second kappa shape index (κ2) is 5.46. The molecule has 0 aliphatic heterocycles. The van der Waals surface area contributed by atoms with Gasteiger partial charge in [0.2, 0.25) is 10.0 Å². The summed E-state index contributed by atoms with van der Waals surface area (Å²) >= 11 is 0. The Hall–Kier alpha value is -0.620. The fourth-order valence-corrected chi connectivity index (χ4v) is 1.69. The van der Waals surface area contributed by atoms with Gasteiger partial charge in [-0.15, -0.1) is 0 Å². The Morgan fingerprint density at radius 1 is 1.40 bits per heavy atom. The Labute approximate surface area is 91.0 Å². The molecule has 5 nitrogen and oxygen atoms in total. The first-order valence-corrected chi connectivity index (χ1v) is 6.58. The minimum atomic E-state index is -3.44. The Morgan fingerprint density at radius 2 is 1.93 bits per heavy atom.